The van der Waals surface area contributed by atoms with Gasteiger partial charge in [0.25, 0.3) is 0 Å². The lowest BCUT2D eigenvalue weighted by molar-refractivity contribution is 0.0123. The van der Waals surface area contributed by atoms with Gasteiger partial charge in [0.1, 0.15) is 21.8 Å². The number of aryl methyl sites for hydroxylation is 1. The number of rotatable bonds is 3. The van der Waals surface area contributed by atoms with Crippen molar-refractivity contribution in [2.24, 2.45) is 5.41 Å². The maximum absolute atomic E-state index is 12.6. The van der Waals surface area contributed by atoms with E-state index in [1.165, 1.54) is 30.7 Å². The Morgan fingerprint density at radius 2 is 1.85 bits per heavy atom. The second kappa shape index (κ2) is 8.15. The zero-order valence-electron chi connectivity index (χ0n) is 20.8. The summed E-state index contributed by atoms with van der Waals surface area (Å²) >= 11 is 1.76. The van der Waals surface area contributed by atoms with E-state index in [9.17, 15) is 4.79 Å². The summed E-state index contributed by atoms with van der Waals surface area (Å²) in [5.41, 5.74) is 2.01. The summed E-state index contributed by atoms with van der Waals surface area (Å²) in [5, 5.41) is 1.24. The summed E-state index contributed by atoms with van der Waals surface area (Å²) in [7, 11) is 0. The van der Waals surface area contributed by atoms with E-state index in [1.807, 2.05) is 32.6 Å². The number of fused-ring (bicyclic) bond motifs is 3. The molecule has 1 saturated carbocycles. The van der Waals surface area contributed by atoms with Gasteiger partial charge in [-0.05, 0) is 65.2 Å². The van der Waals surface area contributed by atoms with Crippen molar-refractivity contribution in [3.05, 3.63) is 16.5 Å². The fraction of sp³-hybridized carbons (Fsp3) is 0.760. The summed E-state index contributed by atoms with van der Waals surface area (Å²) in [4.78, 5) is 32.6. The third-order valence-electron chi connectivity index (χ3n) is 7.48. The van der Waals surface area contributed by atoms with E-state index in [0.29, 0.717) is 17.4 Å². The third-order valence-corrected chi connectivity index (χ3v) is 8.59. The van der Waals surface area contributed by atoms with E-state index >= 15 is 0 Å². The van der Waals surface area contributed by atoms with Gasteiger partial charge in [-0.3, -0.25) is 4.90 Å². The van der Waals surface area contributed by atoms with Crippen LogP contribution in [0.25, 0.3) is 10.3 Å². The van der Waals surface area contributed by atoms with Gasteiger partial charge in [-0.1, -0.05) is 25.2 Å². The highest BCUT2D eigenvalue weighted by Crippen LogP contribution is 2.44. The lowest BCUT2D eigenvalue weighted by Crippen LogP contribution is -2.49. The van der Waals surface area contributed by atoms with Crippen LogP contribution in [-0.2, 0) is 11.3 Å². The van der Waals surface area contributed by atoms with Gasteiger partial charge >= 0.3 is 6.09 Å². The minimum absolute atomic E-state index is 0.185. The first-order chi connectivity index (χ1) is 15.5. The molecule has 2 aliphatic heterocycles. The Bertz CT molecular complexity index is 1050. The summed E-state index contributed by atoms with van der Waals surface area (Å²) in [5.74, 6) is 1.37. The predicted octanol–water partition coefficient (Wildman–Crippen LogP) is 5.27. The molecular weight excluding hydrogens is 434 g/mol. The van der Waals surface area contributed by atoms with Gasteiger partial charge in [-0.2, -0.15) is 0 Å². The molecule has 2 aromatic rings. The number of thiazole rings is 1. The van der Waals surface area contributed by atoms with Gasteiger partial charge in [0.15, 0.2) is 0 Å². The Morgan fingerprint density at radius 1 is 1.12 bits per heavy atom. The van der Waals surface area contributed by atoms with Crippen molar-refractivity contribution in [1.82, 2.24) is 24.8 Å². The molecule has 33 heavy (non-hydrogen) atoms. The second-order valence-electron chi connectivity index (χ2n) is 12.0. The molecule has 2 aromatic heterocycles. The van der Waals surface area contributed by atoms with Crippen LogP contribution in [-0.4, -0.2) is 61.6 Å². The largest absolute Gasteiger partial charge is 0.444 e. The van der Waals surface area contributed by atoms with Crippen molar-refractivity contribution < 1.29 is 9.53 Å². The highest BCUT2D eigenvalue weighted by Gasteiger charge is 2.46. The van der Waals surface area contributed by atoms with Crippen molar-refractivity contribution in [3.63, 3.8) is 0 Å². The molecule has 2 bridgehead atoms. The summed E-state index contributed by atoms with van der Waals surface area (Å²) in [6.07, 6.45) is 5.77. The molecule has 8 heteroatoms. The molecule has 0 N–H and O–H groups in total. The van der Waals surface area contributed by atoms with Crippen molar-refractivity contribution >= 4 is 27.8 Å². The van der Waals surface area contributed by atoms with Crippen LogP contribution < -0.4 is 0 Å². The molecule has 0 unspecified atom stereocenters. The zero-order valence-corrected chi connectivity index (χ0v) is 21.7. The standard InChI is InChI=1S/C25H37N5O2S/c1-15-26-19(14-29-12-18-11-17(29)13-30(18)23(31)32-24(2,3)4)20-22(27-15)33-21(28-20)16-7-9-25(5,6)10-8-16/h16-18H,7-14H2,1-6H3/t17-,18-/m0/s1. The smallest absolute Gasteiger partial charge is 0.410 e. The van der Waals surface area contributed by atoms with Gasteiger partial charge < -0.3 is 9.64 Å². The molecule has 0 aromatic carbocycles. The Kier molecular flexibility index (Phi) is 5.67. The number of amides is 1. The van der Waals surface area contributed by atoms with Crippen molar-refractivity contribution in [2.45, 2.75) is 104 Å². The van der Waals surface area contributed by atoms with Crippen LogP contribution in [0.3, 0.4) is 0 Å². The molecule has 180 valence electrons. The highest BCUT2D eigenvalue weighted by molar-refractivity contribution is 7.18. The summed E-state index contributed by atoms with van der Waals surface area (Å²) < 4.78 is 5.61. The van der Waals surface area contributed by atoms with Gasteiger partial charge in [-0.15, -0.1) is 0 Å². The Balaban J connectivity index is 1.30. The number of carbonyl (C=O) groups excluding carboxylic acids is 1. The Hall–Kier alpha value is -1.80. The SMILES string of the molecule is Cc1nc(CN2C[C@@H]3C[C@H]2CN3C(=O)OC(C)(C)C)c2nc(C3CCC(C)(C)CC3)sc2n1. The predicted molar refractivity (Wildman–Crippen MR) is 130 cm³/mol. The van der Waals surface area contributed by atoms with Crippen LogP contribution >= 0.6 is 11.3 Å². The first kappa shape index (κ1) is 23.0. The number of hydrogen-bond donors (Lipinski definition) is 0. The maximum Gasteiger partial charge on any atom is 0.410 e. The van der Waals surface area contributed by atoms with Crippen LogP contribution in [0.5, 0.6) is 0 Å². The molecule has 0 radical (unpaired) electrons. The zero-order chi connectivity index (χ0) is 23.5. The Morgan fingerprint density at radius 3 is 2.48 bits per heavy atom. The van der Waals surface area contributed by atoms with Gasteiger partial charge in [0.2, 0.25) is 0 Å². The van der Waals surface area contributed by atoms with Crippen LogP contribution in [0.2, 0.25) is 0 Å². The van der Waals surface area contributed by atoms with Crippen molar-refractivity contribution in [3.8, 4) is 0 Å². The van der Waals surface area contributed by atoms with Crippen LogP contribution in [0.1, 0.15) is 89.2 Å². The van der Waals surface area contributed by atoms with Gasteiger partial charge in [0.05, 0.1) is 10.7 Å². The molecule has 4 heterocycles. The molecule has 5 rings (SSSR count). The molecule has 2 saturated heterocycles. The number of ether oxygens (including phenoxy) is 1. The van der Waals surface area contributed by atoms with E-state index in [4.69, 9.17) is 19.7 Å². The van der Waals surface area contributed by atoms with Crippen LogP contribution in [0, 0.1) is 12.3 Å². The fourth-order valence-corrected chi connectivity index (χ4v) is 6.80. The lowest BCUT2D eigenvalue weighted by Gasteiger charge is -2.35. The number of likely N-dealkylation sites (tertiary alicyclic amines) is 2. The van der Waals surface area contributed by atoms with Crippen molar-refractivity contribution in [2.75, 3.05) is 13.1 Å². The number of nitrogens with zero attached hydrogens (tertiary/aromatic N) is 5. The fourth-order valence-electron chi connectivity index (χ4n) is 5.62. The molecule has 0 spiro atoms. The van der Waals surface area contributed by atoms with Crippen LogP contribution in [0.15, 0.2) is 0 Å². The maximum atomic E-state index is 12.6. The molecule has 1 aliphatic carbocycles. The van der Waals surface area contributed by atoms with Crippen molar-refractivity contribution in [1.29, 1.82) is 0 Å². The van der Waals surface area contributed by atoms with Crippen LogP contribution in [0.4, 0.5) is 4.79 Å². The van der Waals surface area contributed by atoms with E-state index in [0.717, 1.165) is 47.9 Å². The average molecular weight is 472 g/mol. The molecular formula is C25H37N5O2S. The molecule has 1 amide bonds. The third kappa shape index (κ3) is 4.74. The summed E-state index contributed by atoms with van der Waals surface area (Å²) in [6, 6.07) is 0.575. The molecule has 3 aliphatic rings. The molecule has 7 nitrogen and oxygen atoms in total. The Labute approximate surface area is 200 Å². The minimum Gasteiger partial charge on any atom is -0.444 e. The van der Waals surface area contributed by atoms with E-state index in [1.54, 1.807) is 11.3 Å². The average Bonchev–Trinajstić information content (AvgIpc) is 3.40. The highest BCUT2D eigenvalue weighted by atomic mass is 32.1. The number of aromatic nitrogens is 3. The molecule has 3 fully saturated rings. The topological polar surface area (TPSA) is 71.5 Å². The monoisotopic (exact) mass is 471 g/mol. The first-order valence-electron chi connectivity index (χ1n) is 12.3. The van der Waals surface area contributed by atoms with E-state index < -0.39 is 5.60 Å². The molecule has 2 atom stereocenters. The second-order valence-corrected chi connectivity index (χ2v) is 13.0. The van der Waals surface area contributed by atoms with Gasteiger partial charge in [0, 0.05) is 37.6 Å². The number of hydrogen-bond acceptors (Lipinski definition) is 7. The summed E-state index contributed by atoms with van der Waals surface area (Å²) in [6.45, 7) is 14.9. The number of piperazine rings is 1. The van der Waals surface area contributed by atoms with Gasteiger partial charge in [-0.25, -0.2) is 19.7 Å². The van der Waals surface area contributed by atoms with E-state index in [2.05, 4.69) is 18.7 Å². The lowest BCUT2D eigenvalue weighted by atomic mass is 9.73. The quantitative estimate of drug-likeness (QED) is 0.607. The normalized spacial score (nSPS) is 25.8. The minimum atomic E-state index is -0.459. The number of carbonyl (C=O) groups is 1. The van der Waals surface area contributed by atoms with E-state index in [-0.39, 0.29) is 12.1 Å². The first-order valence-corrected chi connectivity index (χ1v) is 13.2.